The standard InChI is InChI=1S/C18H19ClN2O2/c1-13(22)15-6-8-17(9-7-15)20-18(23)12-21(2)11-14-4-3-5-16(19)10-14/h3-10H,11-12H2,1-2H3,(H,20,23)/p+1. The average molecular weight is 332 g/mol. The molecule has 2 rings (SSSR count). The molecule has 2 aromatic rings. The Morgan fingerprint density at radius 2 is 1.83 bits per heavy atom. The van der Waals surface area contributed by atoms with Crippen molar-refractivity contribution in [3.8, 4) is 0 Å². The van der Waals surface area contributed by atoms with Crippen molar-refractivity contribution in [3.63, 3.8) is 0 Å². The van der Waals surface area contributed by atoms with Crippen LogP contribution in [0.2, 0.25) is 5.02 Å². The van der Waals surface area contributed by atoms with Gasteiger partial charge >= 0.3 is 0 Å². The van der Waals surface area contributed by atoms with E-state index in [1.165, 1.54) is 6.92 Å². The normalized spacial score (nSPS) is 11.8. The molecule has 0 heterocycles. The van der Waals surface area contributed by atoms with E-state index in [-0.39, 0.29) is 11.7 Å². The van der Waals surface area contributed by atoms with Crippen LogP contribution >= 0.6 is 11.6 Å². The van der Waals surface area contributed by atoms with Crippen molar-refractivity contribution in [2.75, 3.05) is 18.9 Å². The molecule has 0 saturated carbocycles. The van der Waals surface area contributed by atoms with Crippen LogP contribution in [-0.4, -0.2) is 25.3 Å². The lowest BCUT2D eigenvalue weighted by Gasteiger charge is -2.14. The monoisotopic (exact) mass is 331 g/mol. The molecule has 5 heteroatoms. The lowest BCUT2D eigenvalue weighted by atomic mass is 10.1. The number of nitrogens with one attached hydrogen (secondary N) is 2. The van der Waals surface area contributed by atoms with Gasteiger partial charge in [0.1, 0.15) is 6.54 Å². The van der Waals surface area contributed by atoms with E-state index in [2.05, 4.69) is 5.32 Å². The number of carbonyl (C=O) groups excluding carboxylic acids is 2. The van der Waals surface area contributed by atoms with Gasteiger partial charge < -0.3 is 10.2 Å². The number of Topliss-reactive ketones (excluding diaryl/α,β-unsaturated/α-hetero) is 1. The predicted molar refractivity (Wildman–Crippen MR) is 92.0 cm³/mol. The van der Waals surface area contributed by atoms with Crippen LogP contribution in [-0.2, 0) is 11.3 Å². The number of ketones is 1. The second-order valence-electron chi connectivity index (χ2n) is 5.62. The summed E-state index contributed by atoms with van der Waals surface area (Å²) >= 11 is 5.96. The van der Waals surface area contributed by atoms with Gasteiger partial charge in [-0.25, -0.2) is 0 Å². The number of hydrogen-bond acceptors (Lipinski definition) is 2. The van der Waals surface area contributed by atoms with Gasteiger partial charge in [-0.2, -0.15) is 0 Å². The number of likely N-dealkylation sites (N-methyl/N-ethyl adjacent to an activating group) is 1. The van der Waals surface area contributed by atoms with Gasteiger partial charge in [-0.05, 0) is 43.3 Å². The third-order valence-electron chi connectivity index (χ3n) is 3.43. The molecule has 23 heavy (non-hydrogen) atoms. The number of amides is 1. The first-order valence-electron chi connectivity index (χ1n) is 7.40. The van der Waals surface area contributed by atoms with E-state index in [0.717, 1.165) is 17.0 Å². The molecule has 1 amide bonds. The van der Waals surface area contributed by atoms with Crippen molar-refractivity contribution in [1.29, 1.82) is 0 Å². The van der Waals surface area contributed by atoms with Gasteiger partial charge in [0.05, 0.1) is 7.05 Å². The average Bonchev–Trinajstić information content (AvgIpc) is 2.47. The molecule has 0 aliphatic heterocycles. The molecule has 0 saturated heterocycles. The van der Waals surface area contributed by atoms with Crippen molar-refractivity contribution >= 4 is 29.0 Å². The molecular weight excluding hydrogens is 312 g/mol. The lowest BCUT2D eigenvalue weighted by molar-refractivity contribution is -0.885. The van der Waals surface area contributed by atoms with Crippen LogP contribution in [0.15, 0.2) is 48.5 Å². The molecule has 0 bridgehead atoms. The first-order chi connectivity index (χ1) is 10.9. The third kappa shape index (κ3) is 5.51. The lowest BCUT2D eigenvalue weighted by Crippen LogP contribution is -3.08. The van der Waals surface area contributed by atoms with Gasteiger partial charge in [0.25, 0.3) is 5.91 Å². The van der Waals surface area contributed by atoms with Crippen molar-refractivity contribution in [3.05, 3.63) is 64.7 Å². The highest BCUT2D eigenvalue weighted by atomic mass is 35.5. The zero-order chi connectivity index (χ0) is 16.8. The quantitative estimate of drug-likeness (QED) is 0.797. The van der Waals surface area contributed by atoms with E-state index < -0.39 is 0 Å². The molecule has 1 atom stereocenters. The molecule has 4 nitrogen and oxygen atoms in total. The topological polar surface area (TPSA) is 50.6 Å². The number of rotatable bonds is 6. The molecule has 0 aliphatic rings. The smallest absolute Gasteiger partial charge is 0.279 e. The molecule has 0 aliphatic carbocycles. The Morgan fingerprint density at radius 1 is 1.13 bits per heavy atom. The number of anilines is 1. The fraction of sp³-hybridized carbons (Fsp3) is 0.222. The largest absolute Gasteiger partial charge is 0.326 e. The van der Waals surface area contributed by atoms with Crippen LogP contribution < -0.4 is 10.2 Å². The number of quaternary nitrogens is 1. The highest BCUT2D eigenvalue weighted by Crippen LogP contribution is 2.10. The van der Waals surface area contributed by atoms with Crippen molar-refractivity contribution in [2.45, 2.75) is 13.5 Å². The number of benzene rings is 2. The molecule has 0 radical (unpaired) electrons. The Bertz CT molecular complexity index is 698. The molecule has 120 valence electrons. The van der Waals surface area contributed by atoms with Gasteiger partial charge in [0.2, 0.25) is 0 Å². The highest BCUT2D eigenvalue weighted by Gasteiger charge is 2.11. The Morgan fingerprint density at radius 3 is 2.43 bits per heavy atom. The zero-order valence-electron chi connectivity index (χ0n) is 13.2. The van der Waals surface area contributed by atoms with Gasteiger partial charge in [0, 0.05) is 21.8 Å². The third-order valence-corrected chi connectivity index (χ3v) is 3.67. The summed E-state index contributed by atoms with van der Waals surface area (Å²) in [6.45, 7) is 2.58. The summed E-state index contributed by atoms with van der Waals surface area (Å²) in [4.78, 5) is 24.4. The summed E-state index contributed by atoms with van der Waals surface area (Å²) in [5.74, 6) is -0.0614. The Hall–Kier alpha value is -2.17. The fourth-order valence-corrected chi connectivity index (χ4v) is 2.54. The van der Waals surface area contributed by atoms with E-state index in [0.29, 0.717) is 22.8 Å². The van der Waals surface area contributed by atoms with Crippen molar-refractivity contribution in [1.82, 2.24) is 0 Å². The molecule has 0 spiro atoms. The maximum atomic E-state index is 12.1. The summed E-state index contributed by atoms with van der Waals surface area (Å²) in [5, 5.41) is 3.54. The molecule has 2 aromatic carbocycles. The SMILES string of the molecule is CC(=O)c1ccc(NC(=O)C[NH+](C)Cc2cccc(Cl)c2)cc1. The Kier molecular flexibility index (Phi) is 5.90. The maximum absolute atomic E-state index is 12.1. The van der Waals surface area contributed by atoms with Crippen LogP contribution in [0.3, 0.4) is 0 Å². The van der Waals surface area contributed by atoms with Gasteiger partial charge in [-0.3, -0.25) is 9.59 Å². The minimum atomic E-state index is -0.0693. The molecule has 2 N–H and O–H groups in total. The summed E-state index contributed by atoms with van der Waals surface area (Å²) in [7, 11) is 1.96. The predicted octanol–water partition coefficient (Wildman–Crippen LogP) is 2.20. The van der Waals surface area contributed by atoms with E-state index in [1.54, 1.807) is 24.3 Å². The maximum Gasteiger partial charge on any atom is 0.279 e. The summed E-state index contributed by atoms with van der Waals surface area (Å²) in [5.41, 5.74) is 2.41. The Balaban J connectivity index is 1.87. The van der Waals surface area contributed by atoms with Crippen molar-refractivity contribution in [2.24, 2.45) is 0 Å². The van der Waals surface area contributed by atoms with Crippen LogP contribution in [0.5, 0.6) is 0 Å². The van der Waals surface area contributed by atoms with Crippen LogP contribution in [0, 0.1) is 0 Å². The molecule has 0 aromatic heterocycles. The summed E-state index contributed by atoms with van der Waals surface area (Å²) in [6.07, 6.45) is 0. The minimum absolute atomic E-state index is 0.00794. The van der Waals surface area contributed by atoms with Gasteiger partial charge in [0.15, 0.2) is 12.3 Å². The highest BCUT2D eigenvalue weighted by molar-refractivity contribution is 6.30. The van der Waals surface area contributed by atoms with Gasteiger partial charge in [-0.15, -0.1) is 0 Å². The van der Waals surface area contributed by atoms with Crippen LogP contribution in [0.1, 0.15) is 22.8 Å². The molecule has 1 unspecified atom stereocenters. The minimum Gasteiger partial charge on any atom is -0.326 e. The van der Waals surface area contributed by atoms with Crippen LogP contribution in [0.25, 0.3) is 0 Å². The van der Waals surface area contributed by atoms with E-state index in [4.69, 9.17) is 11.6 Å². The van der Waals surface area contributed by atoms with Gasteiger partial charge in [-0.1, -0.05) is 23.7 Å². The second-order valence-corrected chi connectivity index (χ2v) is 6.06. The Labute approximate surface area is 141 Å². The molecular formula is C18H20ClN2O2+. The second kappa shape index (κ2) is 7.90. The number of halogens is 1. The van der Waals surface area contributed by atoms with E-state index in [9.17, 15) is 9.59 Å². The first kappa shape index (κ1) is 17.2. The number of carbonyl (C=O) groups is 2. The van der Waals surface area contributed by atoms with E-state index in [1.807, 2.05) is 31.3 Å². The summed E-state index contributed by atoms with van der Waals surface area (Å²) < 4.78 is 0. The summed E-state index contributed by atoms with van der Waals surface area (Å²) in [6, 6.07) is 14.5. The number of hydrogen-bond donors (Lipinski definition) is 2. The molecule has 0 fully saturated rings. The zero-order valence-corrected chi connectivity index (χ0v) is 14.0. The first-order valence-corrected chi connectivity index (χ1v) is 7.78. The fourth-order valence-electron chi connectivity index (χ4n) is 2.33. The van der Waals surface area contributed by atoms with Crippen molar-refractivity contribution < 1.29 is 14.5 Å². The van der Waals surface area contributed by atoms with E-state index >= 15 is 0 Å². The van der Waals surface area contributed by atoms with Crippen LogP contribution in [0.4, 0.5) is 5.69 Å².